The summed E-state index contributed by atoms with van der Waals surface area (Å²) in [6.45, 7) is 6.91. The van der Waals surface area contributed by atoms with Crippen LogP contribution in [0.5, 0.6) is 0 Å². The number of nitrogens with two attached hydrogens (primary N) is 1. The molecule has 1 fully saturated rings. The largest absolute Gasteiger partial charge is 0.444 e. The second-order valence-electron chi connectivity index (χ2n) is 5.42. The molecule has 1 saturated heterocycles. The van der Waals surface area contributed by atoms with Gasteiger partial charge < -0.3 is 20.1 Å². The van der Waals surface area contributed by atoms with Crippen molar-refractivity contribution in [2.45, 2.75) is 45.3 Å². The summed E-state index contributed by atoms with van der Waals surface area (Å²) in [5.41, 5.74) is 4.59. The van der Waals surface area contributed by atoms with Crippen LogP contribution in [0.1, 0.15) is 33.6 Å². The lowest BCUT2D eigenvalue weighted by Crippen LogP contribution is -2.47. The summed E-state index contributed by atoms with van der Waals surface area (Å²) in [4.78, 5) is 24.2. The van der Waals surface area contributed by atoms with E-state index in [0.717, 1.165) is 0 Å². The molecular weight excluding hydrogens is 236 g/mol. The molecule has 0 saturated carbocycles. The number of nitrogens with zero attached hydrogens (tertiary/aromatic N) is 1. The Hall–Kier alpha value is -1.30. The van der Waals surface area contributed by atoms with Gasteiger partial charge in [0.2, 0.25) is 5.91 Å². The van der Waals surface area contributed by atoms with Crippen molar-refractivity contribution in [3.63, 3.8) is 0 Å². The monoisotopic (exact) mass is 258 g/mol. The van der Waals surface area contributed by atoms with Crippen LogP contribution in [0.4, 0.5) is 4.79 Å². The molecule has 1 aliphatic rings. The lowest BCUT2D eigenvalue weighted by atomic mass is 10.1. The van der Waals surface area contributed by atoms with E-state index in [4.69, 9.17) is 15.2 Å². The molecule has 1 heterocycles. The fraction of sp³-hybridized carbons (Fsp3) is 0.833. The average Bonchev–Trinajstić information content (AvgIpc) is 2.24. The Morgan fingerprint density at radius 2 is 2.11 bits per heavy atom. The highest BCUT2D eigenvalue weighted by molar-refractivity contribution is 5.73. The Labute approximate surface area is 107 Å². The number of hydrogen-bond acceptors (Lipinski definition) is 4. The molecule has 1 rings (SSSR count). The van der Waals surface area contributed by atoms with E-state index in [-0.39, 0.29) is 24.5 Å². The van der Waals surface area contributed by atoms with Gasteiger partial charge in [-0.3, -0.25) is 4.79 Å². The van der Waals surface area contributed by atoms with Crippen molar-refractivity contribution < 1.29 is 19.1 Å². The fourth-order valence-corrected chi connectivity index (χ4v) is 1.69. The third-order valence-corrected chi connectivity index (χ3v) is 2.50. The number of amides is 2. The van der Waals surface area contributed by atoms with Gasteiger partial charge in [-0.15, -0.1) is 0 Å². The summed E-state index contributed by atoms with van der Waals surface area (Å²) in [6, 6.07) is 0. The molecule has 0 aliphatic carbocycles. The molecule has 0 aromatic rings. The van der Waals surface area contributed by atoms with Crippen LogP contribution in [0.3, 0.4) is 0 Å². The van der Waals surface area contributed by atoms with E-state index in [2.05, 4.69) is 0 Å². The quantitative estimate of drug-likeness (QED) is 0.815. The van der Waals surface area contributed by atoms with Crippen molar-refractivity contribution in [3.8, 4) is 0 Å². The minimum Gasteiger partial charge on any atom is -0.444 e. The van der Waals surface area contributed by atoms with E-state index in [9.17, 15) is 9.59 Å². The summed E-state index contributed by atoms with van der Waals surface area (Å²) >= 11 is 0. The Kier molecular flexibility index (Phi) is 4.95. The Bertz CT molecular complexity index is 312. The molecule has 104 valence electrons. The highest BCUT2D eigenvalue weighted by Crippen LogP contribution is 2.15. The minimum absolute atomic E-state index is 0.140. The van der Waals surface area contributed by atoms with Crippen LogP contribution in [0.25, 0.3) is 0 Å². The Morgan fingerprint density at radius 1 is 1.44 bits per heavy atom. The summed E-state index contributed by atoms with van der Waals surface area (Å²) in [5.74, 6) is -0.354. The molecule has 6 nitrogen and oxygen atoms in total. The number of primary amides is 1. The highest BCUT2D eigenvalue weighted by atomic mass is 16.6. The van der Waals surface area contributed by atoms with Gasteiger partial charge in [0.1, 0.15) is 5.60 Å². The number of carbonyl (C=O) groups is 2. The predicted octanol–water partition coefficient (Wildman–Crippen LogP) is 0.888. The predicted molar refractivity (Wildman–Crippen MR) is 66.0 cm³/mol. The maximum atomic E-state index is 11.9. The van der Waals surface area contributed by atoms with E-state index < -0.39 is 5.60 Å². The number of morpholine rings is 1. The second-order valence-corrected chi connectivity index (χ2v) is 5.42. The molecule has 0 aromatic carbocycles. The summed E-state index contributed by atoms with van der Waals surface area (Å²) in [5, 5.41) is 0. The average molecular weight is 258 g/mol. The van der Waals surface area contributed by atoms with Crippen molar-refractivity contribution in [2.75, 3.05) is 19.7 Å². The normalized spacial score (nSPS) is 20.6. The summed E-state index contributed by atoms with van der Waals surface area (Å²) in [6.07, 6.45) is 0.329. The first-order chi connectivity index (χ1) is 8.28. The van der Waals surface area contributed by atoms with Crippen LogP contribution >= 0.6 is 0 Å². The van der Waals surface area contributed by atoms with Crippen LogP contribution in [0, 0.1) is 0 Å². The van der Waals surface area contributed by atoms with Gasteiger partial charge in [-0.1, -0.05) is 0 Å². The molecule has 2 N–H and O–H groups in total. The number of carbonyl (C=O) groups excluding carboxylic acids is 2. The third-order valence-electron chi connectivity index (χ3n) is 2.50. The Morgan fingerprint density at radius 3 is 2.67 bits per heavy atom. The van der Waals surface area contributed by atoms with Gasteiger partial charge in [0, 0.05) is 13.0 Å². The molecule has 2 amide bonds. The summed E-state index contributed by atoms with van der Waals surface area (Å²) < 4.78 is 10.8. The number of hydrogen-bond donors (Lipinski definition) is 1. The van der Waals surface area contributed by atoms with Crippen LogP contribution in [-0.2, 0) is 14.3 Å². The van der Waals surface area contributed by atoms with Crippen LogP contribution in [0.15, 0.2) is 0 Å². The van der Waals surface area contributed by atoms with Crippen molar-refractivity contribution in [1.29, 1.82) is 0 Å². The van der Waals surface area contributed by atoms with E-state index in [0.29, 0.717) is 26.1 Å². The van der Waals surface area contributed by atoms with Gasteiger partial charge in [0.25, 0.3) is 0 Å². The maximum absolute atomic E-state index is 11.9. The second kappa shape index (κ2) is 6.04. The standard InChI is InChI=1S/C12H22N2O4/c1-12(2,3)18-11(16)14-6-7-17-9(8-14)4-5-10(13)15/h9H,4-8H2,1-3H3,(H2,13,15)/t9-/m1/s1. The van der Waals surface area contributed by atoms with E-state index >= 15 is 0 Å². The van der Waals surface area contributed by atoms with Crippen molar-refractivity contribution in [2.24, 2.45) is 5.73 Å². The van der Waals surface area contributed by atoms with Gasteiger partial charge in [0.15, 0.2) is 0 Å². The minimum atomic E-state index is -0.502. The number of rotatable bonds is 3. The molecule has 0 unspecified atom stereocenters. The van der Waals surface area contributed by atoms with Gasteiger partial charge >= 0.3 is 6.09 Å². The molecule has 1 aliphatic heterocycles. The van der Waals surface area contributed by atoms with Crippen LogP contribution in [-0.4, -0.2) is 48.3 Å². The van der Waals surface area contributed by atoms with E-state index in [1.807, 2.05) is 20.8 Å². The van der Waals surface area contributed by atoms with Crippen molar-refractivity contribution >= 4 is 12.0 Å². The zero-order valence-corrected chi connectivity index (χ0v) is 11.3. The fourth-order valence-electron chi connectivity index (χ4n) is 1.69. The molecule has 0 aromatic heterocycles. The molecule has 0 radical (unpaired) electrons. The van der Waals surface area contributed by atoms with Crippen LogP contribution < -0.4 is 5.73 Å². The lowest BCUT2D eigenvalue weighted by Gasteiger charge is -2.34. The molecule has 6 heteroatoms. The van der Waals surface area contributed by atoms with E-state index in [1.165, 1.54) is 0 Å². The highest BCUT2D eigenvalue weighted by Gasteiger charge is 2.28. The zero-order valence-electron chi connectivity index (χ0n) is 11.3. The first-order valence-electron chi connectivity index (χ1n) is 6.16. The molecular formula is C12H22N2O4. The maximum Gasteiger partial charge on any atom is 0.410 e. The first-order valence-corrected chi connectivity index (χ1v) is 6.16. The summed E-state index contributed by atoms with van der Waals surface area (Å²) in [7, 11) is 0. The van der Waals surface area contributed by atoms with Gasteiger partial charge in [-0.2, -0.15) is 0 Å². The van der Waals surface area contributed by atoms with Gasteiger partial charge in [0.05, 0.1) is 19.3 Å². The molecule has 18 heavy (non-hydrogen) atoms. The molecule has 0 bridgehead atoms. The van der Waals surface area contributed by atoms with E-state index in [1.54, 1.807) is 4.90 Å². The smallest absolute Gasteiger partial charge is 0.410 e. The van der Waals surface area contributed by atoms with Crippen molar-refractivity contribution in [3.05, 3.63) is 0 Å². The lowest BCUT2D eigenvalue weighted by molar-refractivity contribution is -0.119. The van der Waals surface area contributed by atoms with Crippen molar-refractivity contribution in [1.82, 2.24) is 4.90 Å². The zero-order chi connectivity index (χ0) is 13.8. The topological polar surface area (TPSA) is 81.9 Å². The van der Waals surface area contributed by atoms with Gasteiger partial charge in [-0.25, -0.2) is 4.79 Å². The molecule has 1 atom stereocenters. The Balaban J connectivity index is 2.43. The van der Waals surface area contributed by atoms with Crippen LogP contribution in [0.2, 0.25) is 0 Å². The van der Waals surface area contributed by atoms with Gasteiger partial charge in [-0.05, 0) is 27.2 Å². The number of ether oxygens (including phenoxy) is 2. The first kappa shape index (κ1) is 14.8. The third kappa shape index (κ3) is 5.35. The SMILES string of the molecule is CC(C)(C)OC(=O)N1CCO[C@H](CCC(N)=O)C1. The molecule has 0 spiro atoms.